The van der Waals surface area contributed by atoms with Crippen LogP contribution < -0.4 is 16.6 Å². The standard InChI is InChI=1S/C11H8Br2Cl2N4/c12-5-2-1-3-6(13)9(5)17-10-7(14)4-8(15)11(18-10)19-16/h1-4H,16H2,(H2,17,18,19). The molecule has 0 fully saturated rings. The Labute approximate surface area is 136 Å². The number of pyridine rings is 1. The van der Waals surface area contributed by atoms with Crippen molar-refractivity contribution in [2.75, 3.05) is 10.7 Å². The van der Waals surface area contributed by atoms with Crippen molar-refractivity contribution in [1.29, 1.82) is 0 Å². The molecule has 8 heteroatoms. The van der Waals surface area contributed by atoms with Crippen LogP contribution in [0.25, 0.3) is 0 Å². The van der Waals surface area contributed by atoms with Crippen molar-refractivity contribution in [3.63, 3.8) is 0 Å². The Balaban J connectivity index is 2.44. The van der Waals surface area contributed by atoms with Crippen LogP contribution in [0.1, 0.15) is 0 Å². The first kappa shape index (κ1) is 14.9. The molecule has 2 rings (SSSR count). The molecule has 4 N–H and O–H groups in total. The molecule has 0 saturated heterocycles. The maximum Gasteiger partial charge on any atom is 0.161 e. The average molecular weight is 427 g/mol. The van der Waals surface area contributed by atoms with E-state index in [0.717, 1.165) is 14.6 Å². The number of rotatable bonds is 3. The lowest BCUT2D eigenvalue weighted by Gasteiger charge is -2.13. The molecule has 19 heavy (non-hydrogen) atoms. The third-order valence-corrected chi connectivity index (χ3v) is 4.17. The minimum absolute atomic E-state index is 0.344. The van der Waals surface area contributed by atoms with Crippen molar-refractivity contribution in [1.82, 2.24) is 4.98 Å². The lowest BCUT2D eigenvalue weighted by molar-refractivity contribution is 1.22. The van der Waals surface area contributed by atoms with Gasteiger partial charge >= 0.3 is 0 Å². The molecule has 2 aromatic rings. The summed E-state index contributed by atoms with van der Waals surface area (Å²) in [4.78, 5) is 4.22. The van der Waals surface area contributed by atoms with Gasteiger partial charge in [0.25, 0.3) is 0 Å². The number of anilines is 3. The fraction of sp³-hybridized carbons (Fsp3) is 0. The average Bonchev–Trinajstić information content (AvgIpc) is 2.36. The molecule has 4 nitrogen and oxygen atoms in total. The Bertz CT molecular complexity index is 602. The zero-order chi connectivity index (χ0) is 14.0. The highest BCUT2D eigenvalue weighted by atomic mass is 79.9. The molecule has 100 valence electrons. The second-order valence-corrected chi connectivity index (χ2v) is 6.04. The van der Waals surface area contributed by atoms with Crippen LogP contribution in [0.2, 0.25) is 10.0 Å². The Hall–Kier alpha value is -0.530. The summed E-state index contributed by atoms with van der Waals surface area (Å²) >= 11 is 18.9. The minimum atomic E-state index is 0.344. The maximum atomic E-state index is 6.10. The van der Waals surface area contributed by atoms with Crippen LogP contribution in [0.4, 0.5) is 17.3 Å². The molecule has 1 aromatic carbocycles. The van der Waals surface area contributed by atoms with Crippen molar-refractivity contribution < 1.29 is 0 Å². The zero-order valence-corrected chi connectivity index (χ0v) is 14.0. The summed E-state index contributed by atoms with van der Waals surface area (Å²) in [5.41, 5.74) is 3.22. The summed E-state index contributed by atoms with van der Waals surface area (Å²) in [6.45, 7) is 0. The van der Waals surface area contributed by atoms with Gasteiger partial charge in [-0.2, -0.15) is 0 Å². The summed E-state index contributed by atoms with van der Waals surface area (Å²) in [5, 5.41) is 3.87. The molecule has 0 amide bonds. The van der Waals surface area contributed by atoms with E-state index in [1.807, 2.05) is 18.2 Å². The summed E-state index contributed by atoms with van der Waals surface area (Å²) in [5.74, 6) is 6.13. The van der Waals surface area contributed by atoms with E-state index in [4.69, 9.17) is 29.0 Å². The fourth-order valence-corrected chi connectivity index (χ4v) is 3.05. The molecule has 0 saturated carbocycles. The topological polar surface area (TPSA) is 63.0 Å². The van der Waals surface area contributed by atoms with Crippen molar-refractivity contribution in [3.8, 4) is 0 Å². The molecular formula is C11H8Br2Cl2N4. The predicted octanol–water partition coefficient (Wildman–Crippen LogP) is 4.94. The molecule has 0 unspecified atom stereocenters. The van der Waals surface area contributed by atoms with Gasteiger partial charge in [0, 0.05) is 8.95 Å². The lowest BCUT2D eigenvalue weighted by atomic mass is 10.3. The van der Waals surface area contributed by atoms with Gasteiger partial charge in [-0.05, 0) is 50.1 Å². The molecule has 1 aromatic heterocycles. The molecule has 1 heterocycles. The van der Waals surface area contributed by atoms with Crippen molar-refractivity contribution in [3.05, 3.63) is 43.3 Å². The van der Waals surface area contributed by atoms with Crippen LogP contribution in [0.5, 0.6) is 0 Å². The normalized spacial score (nSPS) is 10.4. The van der Waals surface area contributed by atoms with Gasteiger partial charge in [0.1, 0.15) is 0 Å². The highest BCUT2D eigenvalue weighted by molar-refractivity contribution is 9.11. The van der Waals surface area contributed by atoms with Crippen LogP contribution in [-0.2, 0) is 0 Å². The van der Waals surface area contributed by atoms with Crippen LogP contribution >= 0.6 is 55.1 Å². The Morgan fingerprint density at radius 1 is 1.05 bits per heavy atom. The number of nitrogens with one attached hydrogen (secondary N) is 2. The van der Waals surface area contributed by atoms with E-state index in [1.165, 1.54) is 0 Å². The minimum Gasteiger partial charge on any atom is -0.337 e. The first-order chi connectivity index (χ1) is 9.02. The first-order valence-electron chi connectivity index (χ1n) is 5.06. The number of para-hydroxylation sites is 1. The molecule has 0 aliphatic rings. The summed E-state index contributed by atoms with van der Waals surface area (Å²) in [6.07, 6.45) is 0. The predicted molar refractivity (Wildman–Crippen MR) is 87.2 cm³/mol. The van der Waals surface area contributed by atoms with Gasteiger partial charge in [-0.3, -0.25) is 0 Å². The number of nitrogens with two attached hydrogens (primary N) is 1. The van der Waals surface area contributed by atoms with E-state index in [9.17, 15) is 0 Å². The first-order valence-corrected chi connectivity index (χ1v) is 7.41. The molecule has 0 radical (unpaired) electrons. The number of nitrogen functional groups attached to an aromatic ring is 1. The monoisotopic (exact) mass is 424 g/mol. The molecule has 0 atom stereocenters. The molecule has 0 bridgehead atoms. The van der Waals surface area contributed by atoms with E-state index < -0.39 is 0 Å². The van der Waals surface area contributed by atoms with E-state index in [2.05, 4.69) is 47.6 Å². The molecule has 0 aliphatic carbocycles. The van der Waals surface area contributed by atoms with Gasteiger partial charge in [0.05, 0.1) is 15.7 Å². The Morgan fingerprint density at radius 3 is 2.21 bits per heavy atom. The number of hydrazine groups is 1. The molecule has 0 aliphatic heterocycles. The number of halogens is 4. The van der Waals surface area contributed by atoms with Crippen LogP contribution in [0.3, 0.4) is 0 Å². The summed E-state index contributed by atoms with van der Waals surface area (Å²) < 4.78 is 1.74. The lowest BCUT2D eigenvalue weighted by Crippen LogP contribution is -2.10. The smallest absolute Gasteiger partial charge is 0.161 e. The van der Waals surface area contributed by atoms with Gasteiger partial charge in [0.2, 0.25) is 0 Å². The third-order valence-electron chi connectivity index (χ3n) is 2.27. The SMILES string of the molecule is NNc1nc(Nc2c(Br)cccc2Br)c(Cl)cc1Cl. The Morgan fingerprint density at radius 2 is 1.63 bits per heavy atom. The second kappa shape index (κ2) is 6.28. The number of nitrogens with zero attached hydrogens (tertiary/aromatic N) is 1. The molecular weight excluding hydrogens is 419 g/mol. The van der Waals surface area contributed by atoms with Gasteiger partial charge in [-0.15, -0.1) is 0 Å². The quantitative estimate of drug-likeness (QED) is 0.480. The zero-order valence-electron chi connectivity index (χ0n) is 9.35. The van der Waals surface area contributed by atoms with E-state index >= 15 is 0 Å². The number of benzene rings is 1. The van der Waals surface area contributed by atoms with E-state index in [0.29, 0.717) is 21.7 Å². The number of aromatic nitrogens is 1. The number of hydrogen-bond acceptors (Lipinski definition) is 4. The van der Waals surface area contributed by atoms with Gasteiger partial charge in [-0.1, -0.05) is 29.3 Å². The van der Waals surface area contributed by atoms with Crippen LogP contribution in [-0.4, -0.2) is 4.98 Å². The molecule has 0 spiro atoms. The van der Waals surface area contributed by atoms with Gasteiger partial charge in [-0.25, -0.2) is 10.8 Å². The summed E-state index contributed by atoms with van der Waals surface area (Å²) in [6, 6.07) is 7.28. The van der Waals surface area contributed by atoms with Crippen molar-refractivity contribution in [2.24, 2.45) is 5.84 Å². The van der Waals surface area contributed by atoms with Crippen LogP contribution in [0, 0.1) is 0 Å². The number of hydrogen-bond donors (Lipinski definition) is 3. The van der Waals surface area contributed by atoms with Crippen molar-refractivity contribution in [2.45, 2.75) is 0 Å². The Kier molecular flexibility index (Phi) is 4.92. The van der Waals surface area contributed by atoms with Gasteiger partial charge < -0.3 is 10.7 Å². The van der Waals surface area contributed by atoms with Gasteiger partial charge in [0.15, 0.2) is 11.6 Å². The highest BCUT2D eigenvalue weighted by Gasteiger charge is 2.11. The van der Waals surface area contributed by atoms with E-state index in [-0.39, 0.29) is 0 Å². The van der Waals surface area contributed by atoms with E-state index in [1.54, 1.807) is 6.07 Å². The second-order valence-electron chi connectivity index (χ2n) is 3.52. The fourth-order valence-electron chi connectivity index (χ4n) is 1.39. The van der Waals surface area contributed by atoms with Crippen LogP contribution in [0.15, 0.2) is 33.2 Å². The maximum absolute atomic E-state index is 6.10. The van der Waals surface area contributed by atoms with Crippen molar-refractivity contribution >= 4 is 72.4 Å². The third kappa shape index (κ3) is 3.32. The highest BCUT2D eigenvalue weighted by Crippen LogP contribution is 2.36. The summed E-state index contributed by atoms with van der Waals surface area (Å²) in [7, 11) is 0. The largest absolute Gasteiger partial charge is 0.337 e.